The van der Waals surface area contributed by atoms with Gasteiger partial charge in [0.2, 0.25) is 0 Å². The van der Waals surface area contributed by atoms with Gasteiger partial charge in [0.05, 0.1) is 11.5 Å². The molecule has 96 valence electrons. The number of nitrogens with zero attached hydrogens (tertiary/aromatic N) is 2. The van der Waals surface area contributed by atoms with Crippen LogP contribution in [-0.4, -0.2) is 10.1 Å². The second-order valence-electron chi connectivity index (χ2n) is 5.12. The number of aryl methyl sites for hydroxylation is 1. The minimum atomic E-state index is -0.816. The number of thiazole rings is 1. The molecular weight excluding hydrogens is 256 g/mol. The summed E-state index contributed by atoms with van der Waals surface area (Å²) < 4.78 is 0. The third kappa shape index (κ3) is 1.95. The SMILES string of the molecule is Cc1csc(C(O)C2(C#N)Cc3ccccc3C2)n1. The highest BCUT2D eigenvalue weighted by atomic mass is 32.1. The molecule has 0 spiro atoms. The van der Waals surface area contributed by atoms with Crippen LogP contribution in [0.4, 0.5) is 0 Å². The normalized spacial score (nSPS) is 17.7. The van der Waals surface area contributed by atoms with Gasteiger partial charge in [-0.05, 0) is 30.9 Å². The van der Waals surface area contributed by atoms with Crippen molar-refractivity contribution < 1.29 is 5.11 Å². The Morgan fingerprint density at radius 3 is 2.47 bits per heavy atom. The first-order valence-corrected chi connectivity index (χ1v) is 7.11. The lowest BCUT2D eigenvalue weighted by molar-refractivity contribution is 0.0690. The molecule has 1 unspecified atom stereocenters. The van der Waals surface area contributed by atoms with E-state index in [0.717, 1.165) is 16.8 Å². The number of hydrogen-bond acceptors (Lipinski definition) is 4. The van der Waals surface area contributed by atoms with Crippen molar-refractivity contribution in [3.8, 4) is 6.07 Å². The second-order valence-corrected chi connectivity index (χ2v) is 6.01. The standard InChI is InChI=1S/C15H14N2OS/c1-10-8-19-14(17-10)13(18)15(9-16)6-11-4-2-3-5-12(11)7-15/h2-5,8,13,18H,6-7H2,1H3. The molecule has 0 fully saturated rings. The van der Waals surface area contributed by atoms with Crippen LogP contribution in [0.15, 0.2) is 29.6 Å². The molecule has 1 heterocycles. The van der Waals surface area contributed by atoms with E-state index in [0.29, 0.717) is 17.8 Å². The van der Waals surface area contributed by atoms with Gasteiger partial charge in [-0.15, -0.1) is 11.3 Å². The molecule has 1 aromatic carbocycles. The summed E-state index contributed by atoms with van der Waals surface area (Å²) in [5, 5.41) is 22.7. The predicted octanol–water partition coefficient (Wildman–Crippen LogP) is 2.79. The Kier molecular flexibility index (Phi) is 2.89. The Morgan fingerprint density at radius 1 is 1.37 bits per heavy atom. The van der Waals surface area contributed by atoms with Gasteiger partial charge in [0.15, 0.2) is 0 Å². The van der Waals surface area contributed by atoms with E-state index in [1.807, 2.05) is 36.6 Å². The zero-order chi connectivity index (χ0) is 13.5. The first-order valence-electron chi connectivity index (χ1n) is 6.23. The van der Waals surface area contributed by atoms with Crippen LogP contribution < -0.4 is 0 Å². The fraction of sp³-hybridized carbons (Fsp3) is 0.333. The van der Waals surface area contributed by atoms with Crippen LogP contribution in [0.5, 0.6) is 0 Å². The number of nitriles is 1. The fourth-order valence-corrected chi connectivity index (χ4v) is 3.61. The summed E-state index contributed by atoms with van der Waals surface area (Å²) in [7, 11) is 0. The highest BCUT2D eigenvalue weighted by Gasteiger charge is 2.45. The Bertz CT molecular complexity index is 631. The molecule has 1 atom stereocenters. The number of fused-ring (bicyclic) bond motifs is 1. The van der Waals surface area contributed by atoms with Crippen LogP contribution in [0.3, 0.4) is 0 Å². The van der Waals surface area contributed by atoms with Crippen molar-refractivity contribution in [3.05, 3.63) is 51.5 Å². The van der Waals surface area contributed by atoms with Gasteiger partial charge in [-0.2, -0.15) is 5.26 Å². The Balaban J connectivity index is 1.97. The van der Waals surface area contributed by atoms with Gasteiger partial charge < -0.3 is 5.11 Å². The molecule has 1 aliphatic rings. The molecule has 3 rings (SSSR count). The number of benzene rings is 1. The van der Waals surface area contributed by atoms with Gasteiger partial charge in [0.25, 0.3) is 0 Å². The van der Waals surface area contributed by atoms with Gasteiger partial charge in [0, 0.05) is 11.1 Å². The van der Waals surface area contributed by atoms with Gasteiger partial charge in [-0.25, -0.2) is 4.98 Å². The summed E-state index contributed by atoms with van der Waals surface area (Å²) in [5.74, 6) is 0. The van der Waals surface area contributed by atoms with E-state index < -0.39 is 11.5 Å². The second kappa shape index (κ2) is 4.44. The smallest absolute Gasteiger partial charge is 0.125 e. The van der Waals surface area contributed by atoms with Crippen molar-refractivity contribution in [2.45, 2.75) is 25.9 Å². The molecule has 1 aliphatic carbocycles. The summed E-state index contributed by atoms with van der Waals surface area (Å²) >= 11 is 1.42. The van der Waals surface area contributed by atoms with Gasteiger partial charge >= 0.3 is 0 Å². The van der Waals surface area contributed by atoms with Gasteiger partial charge in [-0.3, -0.25) is 0 Å². The van der Waals surface area contributed by atoms with Crippen molar-refractivity contribution in [1.29, 1.82) is 5.26 Å². The molecule has 3 nitrogen and oxygen atoms in total. The van der Waals surface area contributed by atoms with Crippen molar-refractivity contribution in [1.82, 2.24) is 4.98 Å². The van der Waals surface area contributed by atoms with E-state index in [1.165, 1.54) is 11.3 Å². The van der Waals surface area contributed by atoms with E-state index in [1.54, 1.807) is 0 Å². The summed E-state index contributed by atoms with van der Waals surface area (Å²) in [6.45, 7) is 1.90. The monoisotopic (exact) mass is 270 g/mol. The van der Waals surface area contributed by atoms with Crippen LogP contribution in [0.2, 0.25) is 0 Å². The van der Waals surface area contributed by atoms with E-state index in [-0.39, 0.29) is 0 Å². The molecule has 0 amide bonds. The Labute approximate surface area is 116 Å². The molecule has 1 N–H and O–H groups in total. The van der Waals surface area contributed by atoms with E-state index >= 15 is 0 Å². The molecule has 19 heavy (non-hydrogen) atoms. The maximum atomic E-state index is 10.6. The first kappa shape index (κ1) is 12.3. The fourth-order valence-electron chi connectivity index (χ4n) is 2.71. The lowest BCUT2D eigenvalue weighted by Gasteiger charge is -2.25. The molecule has 0 radical (unpaired) electrons. The maximum Gasteiger partial charge on any atom is 0.125 e. The predicted molar refractivity (Wildman–Crippen MR) is 73.7 cm³/mol. The summed E-state index contributed by atoms with van der Waals surface area (Å²) in [4.78, 5) is 4.33. The number of aliphatic hydroxyl groups is 1. The molecule has 1 aromatic heterocycles. The lowest BCUT2D eigenvalue weighted by atomic mass is 9.81. The van der Waals surface area contributed by atoms with E-state index in [9.17, 15) is 10.4 Å². The molecule has 0 bridgehead atoms. The molecule has 2 aromatic rings. The largest absolute Gasteiger partial charge is 0.384 e. The van der Waals surface area contributed by atoms with E-state index in [4.69, 9.17) is 0 Å². The van der Waals surface area contributed by atoms with E-state index in [2.05, 4.69) is 11.1 Å². The first-order chi connectivity index (χ1) is 9.14. The lowest BCUT2D eigenvalue weighted by Crippen LogP contribution is -2.28. The number of aliphatic hydroxyl groups excluding tert-OH is 1. The van der Waals surface area contributed by atoms with Crippen LogP contribution in [0.1, 0.15) is 27.9 Å². The topological polar surface area (TPSA) is 56.9 Å². The van der Waals surface area contributed by atoms with Crippen molar-refractivity contribution in [2.24, 2.45) is 5.41 Å². The number of hydrogen-bond donors (Lipinski definition) is 1. The van der Waals surface area contributed by atoms with Crippen LogP contribution in [-0.2, 0) is 12.8 Å². The zero-order valence-electron chi connectivity index (χ0n) is 10.6. The minimum absolute atomic E-state index is 0.597. The molecular formula is C15H14N2OS. The number of aromatic nitrogens is 1. The zero-order valence-corrected chi connectivity index (χ0v) is 11.4. The molecule has 0 aliphatic heterocycles. The van der Waals surface area contributed by atoms with Crippen LogP contribution in [0.25, 0.3) is 0 Å². The summed E-state index contributed by atoms with van der Waals surface area (Å²) in [6.07, 6.45) is 0.377. The van der Waals surface area contributed by atoms with Crippen molar-refractivity contribution >= 4 is 11.3 Å². The molecule has 0 saturated carbocycles. The maximum absolute atomic E-state index is 10.6. The van der Waals surface area contributed by atoms with Crippen molar-refractivity contribution in [2.75, 3.05) is 0 Å². The summed E-state index contributed by atoms with van der Waals surface area (Å²) in [5.41, 5.74) is 2.45. The highest BCUT2D eigenvalue weighted by molar-refractivity contribution is 7.09. The Morgan fingerprint density at radius 2 is 2.00 bits per heavy atom. The molecule has 4 heteroatoms. The number of rotatable bonds is 2. The van der Waals surface area contributed by atoms with Crippen LogP contribution in [0, 0.1) is 23.7 Å². The third-order valence-electron chi connectivity index (χ3n) is 3.75. The highest BCUT2D eigenvalue weighted by Crippen LogP contribution is 2.45. The average Bonchev–Trinajstić information content (AvgIpc) is 3.01. The van der Waals surface area contributed by atoms with Crippen LogP contribution >= 0.6 is 11.3 Å². The quantitative estimate of drug-likeness (QED) is 0.913. The average molecular weight is 270 g/mol. The summed E-state index contributed by atoms with van der Waals surface area (Å²) in [6, 6.07) is 10.4. The van der Waals surface area contributed by atoms with Crippen molar-refractivity contribution in [3.63, 3.8) is 0 Å². The Hall–Kier alpha value is -1.70. The van der Waals surface area contributed by atoms with Gasteiger partial charge in [0.1, 0.15) is 11.1 Å². The third-order valence-corrected chi connectivity index (χ3v) is 4.76. The van der Waals surface area contributed by atoms with Gasteiger partial charge in [-0.1, -0.05) is 24.3 Å². The minimum Gasteiger partial charge on any atom is -0.384 e. The molecule has 0 saturated heterocycles.